The molecule has 1 aromatic rings. The summed E-state index contributed by atoms with van der Waals surface area (Å²) in [5.74, 6) is 0.426. The Morgan fingerprint density at radius 1 is 0.846 bits per heavy atom. The molecule has 4 heterocycles. The van der Waals surface area contributed by atoms with Gasteiger partial charge in [-0.1, -0.05) is 0 Å². The Morgan fingerprint density at radius 2 is 1.46 bits per heavy atom. The lowest BCUT2D eigenvalue weighted by atomic mass is 9.93. The van der Waals surface area contributed by atoms with Crippen LogP contribution in [0.25, 0.3) is 0 Å². The summed E-state index contributed by atoms with van der Waals surface area (Å²) in [4.78, 5) is 29.2. The van der Waals surface area contributed by atoms with Gasteiger partial charge in [0.05, 0.1) is 0 Å². The molecule has 0 saturated carbocycles. The summed E-state index contributed by atoms with van der Waals surface area (Å²) in [5, 5.41) is 7.73. The number of rotatable bonds is 3. The quantitative estimate of drug-likeness (QED) is 0.798. The highest BCUT2D eigenvalue weighted by Gasteiger charge is 2.35. The van der Waals surface area contributed by atoms with Crippen LogP contribution in [-0.4, -0.2) is 75.3 Å². The lowest BCUT2D eigenvalue weighted by molar-refractivity contribution is -0.146. The summed E-state index contributed by atoms with van der Waals surface area (Å²) in [6.07, 6.45) is 8.48. The molecule has 0 N–H and O–H groups in total. The molecule has 1 aromatic heterocycles. The van der Waals surface area contributed by atoms with Gasteiger partial charge in [-0.25, -0.2) is 0 Å². The van der Waals surface area contributed by atoms with Crippen molar-refractivity contribution in [1.29, 1.82) is 0 Å². The third-order valence-electron chi connectivity index (χ3n) is 6.00. The average molecular weight is 361 g/mol. The number of ether oxygens (including phenoxy) is 1. The van der Waals surface area contributed by atoms with E-state index in [1.807, 2.05) is 14.4 Å². The molecule has 2 amide bonds. The predicted molar refractivity (Wildman–Crippen MR) is 93.2 cm³/mol. The molecule has 3 saturated heterocycles. The summed E-state index contributed by atoms with van der Waals surface area (Å²) >= 11 is 0. The summed E-state index contributed by atoms with van der Waals surface area (Å²) in [7, 11) is 0. The zero-order valence-electron chi connectivity index (χ0n) is 15.1. The first-order valence-corrected chi connectivity index (χ1v) is 9.75. The van der Waals surface area contributed by atoms with Crippen molar-refractivity contribution in [3.05, 3.63) is 12.7 Å². The summed E-state index contributed by atoms with van der Waals surface area (Å²) in [6, 6.07) is 0.389. The fourth-order valence-corrected chi connectivity index (χ4v) is 4.36. The maximum absolute atomic E-state index is 12.8. The second-order valence-electron chi connectivity index (χ2n) is 7.57. The molecule has 3 fully saturated rings. The van der Waals surface area contributed by atoms with E-state index >= 15 is 0 Å². The topological polar surface area (TPSA) is 80.6 Å². The average Bonchev–Trinajstić information content (AvgIpc) is 3.41. The van der Waals surface area contributed by atoms with E-state index in [1.165, 1.54) is 0 Å². The molecule has 142 valence electrons. The molecular weight excluding hydrogens is 334 g/mol. The van der Waals surface area contributed by atoms with Crippen molar-refractivity contribution in [2.24, 2.45) is 5.92 Å². The smallest absolute Gasteiger partial charge is 0.251 e. The Labute approximate surface area is 153 Å². The molecule has 0 unspecified atom stereocenters. The number of carbonyl (C=O) groups excluding carboxylic acids is 2. The van der Waals surface area contributed by atoms with Crippen LogP contribution in [0.4, 0.5) is 0 Å². The van der Waals surface area contributed by atoms with Gasteiger partial charge in [-0.05, 0) is 38.5 Å². The van der Waals surface area contributed by atoms with Crippen LogP contribution in [0.3, 0.4) is 0 Å². The Morgan fingerprint density at radius 3 is 2.08 bits per heavy atom. The van der Waals surface area contributed by atoms with E-state index in [9.17, 15) is 9.59 Å². The molecule has 8 heteroatoms. The molecule has 0 spiro atoms. The van der Waals surface area contributed by atoms with Crippen LogP contribution < -0.4 is 0 Å². The van der Waals surface area contributed by atoms with Gasteiger partial charge in [0.15, 0.2) is 0 Å². The van der Waals surface area contributed by atoms with Crippen LogP contribution in [-0.2, 0) is 14.3 Å². The molecule has 0 radical (unpaired) electrons. The van der Waals surface area contributed by atoms with Crippen molar-refractivity contribution in [3.63, 3.8) is 0 Å². The maximum atomic E-state index is 12.8. The van der Waals surface area contributed by atoms with Crippen LogP contribution >= 0.6 is 0 Å². The van der Waals surface area contributed by atoms with Crippen LogP contribution in [0, 0.1) is 5.92 Å². The molecule has 26 heavy (non-hydrogen) atoms. The van der Waals surface area contributed by atoms with E-state index in [2.05, 4.69) is 10.2 Å². The van der Waals surface area contributed by atoms with E-state index in [0.29, 0.717) is 25.7 Å². The molecule has 3 aliphatic heterocycles. The highest BCUT2D eigenvalue weighted by molar-refractivity contribution is 5.82. The molecule has 1 atom stereocenters. The second-order valence-corrected chi connectivity index (χ2v) is 7.57. The monoisotopic (exact) mass is 361 g/mol. The van der Waals surface area contributed by atoms with E-state index in [4.69, 9.17) is 4.74 Å². The number of carbonyl (C=O) groups is 2. The van der Waals surface area contributed by atoms with Gasteiger partial charge in [-0.3, -0.25) is 9.59 Å². The molecule has 3 aliphatic rings. The van der Waals surface area contributed by atoms with E-state index in [-0.39, 0.29) is 23.8 Å². The van der Waals surface area contributed by atoms with E-state index in [1.54, 1.807) is 12.7 Å². The second kappa shape index (κ2) is 7.73. The molecule has 0 aromatic carbocycles. The third-order valence-corrected chi connectivity index (χ3v) is 6.00. The predicted octanol–water partition coefficient (Wildman–Crippen LogP) is 0.859. The van der Waals surface area contributed by atoms with Gasteiger partial charge in [0, 0.05) is 44.7 Å². The Hall–Kier alpha value is -1.96. The molecular formula is C18H27N5O3. The highest BCUT2D eigenvalue weighted by Crippen LogP contribution is 2.26. The zero-order chi connectivity index (χ0) is 17.9. The van der Waals surface area contributed by atoms with Crippen molar-refractivity contribution in [1.82, 2.24) is 24.6 Å². The lowest BCUT2D eigenvalue weighted by Gasteiger charge is -2.37. The number of amides is 2. The van der Waals surface area contributed by atoms with Crippen LogP contribution in [0.1, 0.15) is 44.6 Å². The van der Waals surface area contributed by atoms with Crippen molar-refractivity contribution in [3.8, 4) is 0 Å². The highest BCUT2D eigenvalue weighted by atomic mass is 16.5. The first-order chi connectivity index (χ1) is 12.7. The summed E-state index contributed by atoms with van der Waals surface area (Å²) in [5.41, 5.74) is 0. The van der Waals surface area contributed by atoms with Crippen LogP contribution in [0.15, 0.2) is 12.7 Å². The molecule has 0 aliphatic carbocycles. The minimum Gasteiger partial charge on any atom is -0.368 e. The SMILES string of the molecule is O=C(C1CCN(C(=O)[C@H]2CCCO2)CC1)N1CCC(n2cnnc2)CC1. The van der Waals surface area contributed by atoms with Gasteiger partial charge in [-0.2, -0.15) is 0 Å². The molecule has 4 rings (SSSR count). The van der Waals surface area contributed by atoms with Crippen molar-refractivity contribution < 1.29 is 14.3 Å². The normalized spacial score (nSPS) is 25.6. The molecule has 0 bridgehead atoms. The lowest BCUT2D eigenvalue weighted by Crippen LogP contribution is -2.48. The van der Waals surface area contributed by atoms with Crippen LogP contribution in [0.5, 0.6) is 0 Å². The first kappa shape index (κ1) is 17.5. The minimum absolute atomic E-state index is 0.0509. The Bertz CT molecular complexity index is 613. The number of aromatic nitrogens is 3. The van der Waals surface area contributed by atoms with Crippen molar-refractivity contribution >= 4 is 11.8 Å². The van der Waals surface area contributed by atoms with Gasteiger partial charge in [0.1, 0.15) is 18.8 Å². The van der Waals surface area contributed by atoms with Crippen molar-refractivity contribution in [2.75, 3.05) is 32.8 Å². The van der Waals surface area contributed by atoms with Gasteiger partial charge >= 0.3 is 0 Å². The van der Waals surface area contributed by atoms with Gasteiger partial charge in [-0.15, -0.1) is 10.2 Å². The van der Waals surface area contributed by atoms with Gasteiger partial charge in [0.25, 0.3) is 5.91 Å². The number of hydrogen-bond acceptors (Lipinski definition) is 5. The number of piperidine rings is 2. The fraction of sp³-hybridized carbons (Fsp3) is 0.778. The number of hydrogen-bond donors (Lipinski definition) is 0. The summed E-state index contributed by atoms with van der Waals surface area (Å²) < 4.78 is 7.54. The largest absolute Gasteiger partial charge is 0.368 e. The van der Waals surface area contributed by atoms with Gasteiger partial charge < -0.3 is 19.1 Å². The van der Waals surface area contributed by atoms with Crippen LogP contribution in [0.2, 0.25) is 0 Å². The van der Waals surface area contributed by atoms with Gasteiger partial charge in [0.2, 0.25) is 5.91 Å². The standard InChI is InChI=1S/C18H27N5O3/c24-17(21-9-5-15(6-10-21)23-12-19-20-13-23)14-3-7-22(8-4-14)18(25)16-2-1-11-26-16/h12-16H,1-11H2/t16-/m1/s1. The minimum atomic E-state index is -0.251. The number of nitrogens with zero attached hydrogens (tertiary/aromatic N) is 5. The van der Waals surface area contributed by atoms with E-state index < -0.39 is 0 Å². The zero-order valence-corrected chi connectivity index (χ0v) is 15.1. The third kappa shape index (κ3) is 3.60. The van der Waals surface area contributed by atoms with E-state index in [0.717, 1.165) is 51.6 Å². The Kier molecular flexibility index (Phi) is 5.19. The Balaban J connectivity index is 1.24. The summed E-state index contributed by atoms with van der Waals surface area (Å²) in [6.45, 7) is 3.61. The van der Waals surface area contributed by atoms with Crippen molar-refractivity contribution in [2.45, 2.75) is 50.7 Å². The maximum Gasteiger partial charge on any atom is 0.251 e. The fourth-order valence-electron chi connectivity index (χ4n) is 4.36. The number of likely N-dealkylation sites (tertiary alicyclic amines) is 2. The molecule has 8 nitrogen and oxygen atoms in total. The first-order valence-electron chi connectivity index (χ1n) is 9.75.